The molecule has 60 heavy (non-hydrogen) atoms. The van der Waals surface area contributed by atoms with Gasteiger partial charge in [-0.1, -0.05) is 33.8 Å². The molecule has 1 aromatic carbocycles. The van der Waals surface area contributed by atoms with Crippen LogP contribution >= 0.6 is 0 Å². The van der Waals surface area contributed by atoms with E-state index in [0.717, 1.165) is 28.3 Å². The van der Waals surface area contributed by atoms with Crippen LogP contribution in [-0.2, 0) is 66.2 Å². The van der Waals surface area contributed by atoms with E-state index >= 15 is 0 Å². The molecule has 332 valence electrons. The van der Waals surface area contributed by atoms with Crippen LogP contribution in [0.3, 0.4) is 0 Å². The number of rotatable bonds is 22. The number of aliphatic hydroxyl groups excluding tert-OH is 1. The number of hydrogen-bond acceptors (Lipinski definition) is 15. The molecule has 5 amide bonds. The lowest BCUT2D eigenvalue weighted by Gasteiger charge is -2.31. The number of benzene rings is 1. The molecule has 0 saturated carbocycles. The van der Waals surface area contributed by atoms with Crippen LogP contribution in [0.1, 0.15) is 70.9 Å². The molecule has 2 aliphatic rings. The van der Waals surface area contributed by atoms with E-state index in [9.17, 15) is 52.2 Å². The van der Waals surface area contributed by atoms with E-state index < -0.39 is 107 Å². The Morgan fingerprint density at radius 3 is 2.32 bits per heavy atom. The molecular weight excluding hydrogens is 811 g/mol. The number of aliphatic hydroxyl groups is 1. The van der Waals surface area contributed by atoms with Gasteiger partial charge < -0.3 is 46.4 Å². The quantitative estimate of drug-likeness (QED) is 0.0238. The number of esters is 1. The number of hydrogen-bond donors (Lipinski definition) is 8. The topological polar surface area (TPSA) is 327 Å². The fraction of sp³-hybridized carbons (Fsp3) is 0.553. The highest BCUT2D eigenvalue weighted by Crippen LogP contribution is 2.26. The monoisotopic (exact) mass is 865 g/mol. The average molecular weight is 866 g/mol. The Bertz CT molecular complexity index is 1920. The molecule has 1 fully saturated rings. The van der Waals surface area contributed by atoms with Crippen LogP contribution in [-0.4, -0.2) is 124 Å². The van der Waals surface area contributed by atoms with Crippen molar-refractivity contribution in [3.63, 3.8) is 0 Å². The van der Waals surface area contributed by atoms with Crippen molar-refractivity contribution in [2.75, 3.05) is 24.2 Å². The van der Waals surface area contributed by atoms with Gasteiger partial charge in [-0.05, 0) is 54.9 Å². The summed E-state index contributed by atoms with van der Waals surface area (Å²) in [4.78, 5) is 89.3. The fourth-order valence-corrected chi connectivity index (χ4v) is 6.81. The van der Waals surface area contributed by atoms with Gasteiger partial charge in [0.05, 0.1) is 42.9 Å². The zero-order valence-electron chi connectivity index (χ0n) is 33.9. The number of nitrogens with one attached hydrogen (secondary N) is 3. The van der Waals surface area contributed by atoms with Crippen molar-refractivity contribution in [2.45, 2.75) is 103 Å². The molecule has 0 aromatic heterocycles. The smallest absolute Gasteiger partial charge is 0.332 e. The van der Waals surface area contributed by atoms with E-state index in [1.54, 1.807) is 45.9 Å². The molecule has 3 rings (SSSR count). The second-order valence-corrected chi connectivity index (χ2v) is 16.7. The van der Waals surface area contributed by atoms with Crippen LogP contribution in [0.2, 0.25) is 0 Å². The zero-order chi connectivity index (χ0) is 44.9. The number of carbonyl (C=O) groups is 7. The standard InChI is InChI=1S/C38H55N7O14S/c1-21(2)35(43-31(47)17-29(45-33(49)10-11-34(45)50)28(39)19-44(40)12-5-13-60(55,56)57)36(51)41-18-32(48)42-25-8-6-24(20-58-38(54)22(3)4)23(14-25)7-9-27-15-26(46)16-30(59-27)37(52)53/h6,8,10-11,14,19,21-22,26-27,29-30,35,46H,5,7,9,12-13,15-18,20,39-40H2,1-4H3,(H,41,51)(H,42,48)(H,43,47)(H,52,53)(H,55,56,57)/b28-19-/t26?,27?,29-,30?,35?/m1/s1. The molecular formula is C38H55N7O14S. The molecule has 5 atom stereocenters. The summed E-state index contributed by atoms with van der Waals surface area (Å²) in [6.07, 6.45) is 0.642. The molecule has 2 heterocycles. The number of amides is 5. The lowest BCUT2D eigenvalue weighted by atomic mass is 9.94. The van der Waals surface area contributed by atoms with Gasteiger partial charge in [0.1, 0.15) is 12.6 Å². The van der Waals surface area contributed by atoms with E-state index in [1.165, 1.54) is 0 Å². The highest BCUT2D eigenvalue weighted by atomic mass is 32.2. The van der Waals surface area contributed by atoms with Crippen molar-refractivity contribution < 1.29 is 66.2 Å². The molecule has 0 bridgehead atoms. The van der Waals surface area contributed by atoms with Crippen molar-refractivity contribution in [1.82, 2.24) is 20.5 Å². The third-order valence-electron chi connectivity index (χ3n) is 9.46. The summed E-state index contributed by atoms with van der Waals surface area (Å²) < 4.78 is 42.1. The number of anilines is 1. The molecule has 22 heteroatoms. The van der Waals surface area contributed by atoms with Gasteiger partial charge in [0.25, 0.3) is 21.9 Å². The van der Waals surface area contributed by atoms with E-state index in [4.69, 9.17) is 25.6 Å². The van der Waals surface area contributed by atoms with Crippen molar-refractivity contribution >= 4 is 57.3 Å². The van der Waals surface area contributed by atoms with E-state index in [1.807, 2.05) is 0 Å². The van der Waals surface area contributed by atoms with Crippen molar-refractivity contribution in [2.24, 2.45) is 23.4 Å². The van der Waals surface area contributed by atoms with Crippen LogP contribution in [0.25, 0.3) is 0 Å². The van der Waals surface area contributed by atoms with Crippen molar-refractivity contribution in [3.05, 3.63) is 53.4 Å². The van der Waals surface area contributed by atoms with E-state index in [-0.39, 0.29) is 44.0 Å². The SMILES string of the molecule is CC(C)C(=O)OCc1ccc(NC(=O)CNC(=O)C(NC(=O)C[C@H](/C(N)=C/N(N)CCCS(=O)(=O)O)N2C(=O)C=CC2=O)C(C)C)cc1CCC1CC(O)CC(C(=O)O)O1. The summed E-state index contributed by atoms with van der Waals surface area (Å²) in [5.41, 5.74) is 7.59. The first-order valence-corrected chi connectivity index (χ1v) is 20.9. The largest absolute Gasteiger partial charge is 0.479 e. The van der Waals surface area contributed by atoms with Crippen LogP contribution in [0.4, 0.5) is 5.69 Å². The second-order valence-electron chi connectivity index (χ2n) is 15.2. The molecule has 0 radical (unpaired) electrons. The van der Waals surface area contributed by atoms with Gasteiger partial charge in [0.2, 0.25) is 17.7 Å². The first-order valence-electron chi connectivity index (χ1n) is 19.2. The minimum absolute atomic E-state index is 0.0274. The van der Waals surface area contributed by atoms with Crippen molar-refractivity contribution in [1.29, 1.82) is 0 Å². The molecule has 10 N–H and O–H groups in total. The van der Waals surface area contributed by atoms with Gasteiger partial charge in [-0.25, -0.2) is 10.6 Å². The number of aliphatic carboxylic acids is 1. The number of aryl methyl sites for hydroxylation is 1. The number of ether oxygens (including phenoxy) is 2. The first kappa shape index (κ1) is 48.9. The van der Waals surface area contributed by atoms with Crippen LogP contribution < -0.4 is 27.5 Å². The molecule has 4 unspecified atom stereocenters. The maximum atomic E-state index is 13.4. The maximum Gasteiger partial charge on any atom is 0.332 e. The molecule has 0 spiro atoms. The summed E-state index contributed by atoms with van der Waals surface area (Å²) in [5.74, 6) is -0.897. The Morgan fingerprint density at radius 1 is 1.05 bits per heavy atom. The van der Waals surface area contributed by atoms with Gasteiger partial charge in [0.15, 0.2) is 6.10 Å². The fourth-order valence-electron chi connectivity index (χ4n) is 6.32. The van der Waals surface area contributed by atoms with Gasteiger partial charge in [-0.2, -0.15) is 8.42 Å². The van der Waals surface area contributed by atoms with Gasteiger partial charge in [-0.15, -0.1) is 0 Å². The van der Waals surface area contributed by atoms with Gasteiger partial charge in [0, 0.05) is 42.7 Å². The summed E-state index contributed by atoms with van der Waals surface area (Å²) in [6.45, 7) is 5.95. The predicted octanol–water partition coefficient (Wildman–Crippen LogP) is -0.556. The van der Waals surface area contributed by atoms with Crippen LogP contribution in [0.15, 0.2) is 42.2 Å². The Balaban J connectivity index is 1.67. The Labute approximate surface area is 347 Å². The summed E-state index contributed by atoms with van der Waals surface area (Å²) in [7, 11) is -4.26. The number of hydrazine groups is 1. The number of nitrogens with two attached hydrogens (primary N) is 2. The molecule has 21 nitrogen and oxygen atoms in total. The molecule has 2 aliphatic heterocycles. The number of carbonyl (C=O) groups excluding carboxylic acids is 6. The first-order chi connectivity index (χ1) is 28.0. The van der Waals surface area contributed by atoms with Crippen molar-refractivity contribution in [3.8, 4) is 0 Å². The van der Waals surface area contributed by atoms with Crippen LogP contribution in [0, 0.1) is 11.8 Å². The van der Waals surface area contributed by atoms with Crippen LogP contribution in [0.5, 0.6) is 0 Å². The number of imide groups is 1. The molecule has 0 aliphatic carbocycles. The lowest BCUT2D eigenvalue weighted by Crippen LogP contribution is -2.53. The highest BCUT2D eigenvalue weighted by molar-refractivity contribution is 7.85. The number of carboxylic acid groups (broad SMARTS) is 1. The summed E-state index contributed by atoms with van der Waals surface area (Å²) in [6, 6.07) is 2.32. The second kappa shape index (κ2) is 22.3. The number of nitrogens with zero attached hydrogens (tertiary/aromatic N) is 2. The third kappa shape index (κ3) is 15.6. The zero-order valence-corrected chi connectivity index (χ0v) is 34.7. The van der Waals surface area contributed by atoms with E-state index in [0.29, 0.717) is 29.7 Å². The van der Waals surface area contributed by atoms with Gasteiger partial charge in [-0.3, -0.25) is 38.2 Å². The Hall–Kier alpha value is -5.42. The lowest BCUT2D eigenvalue weighted by molar-refractivity contribution is -0.166. The Morgan fingerprint density at radius 2 is 1.72 bits per heavy atom. The average Bonchev–Trinajstić information content (AvgIpc) is 3.48. The molecule has 1 saturated heterocycles. The predicted molar refractivity (Wildman–Crippen MR) is 213 cm³/mol. The number of carboxylic acids is 1. The normalized spacial score (nSPS) is 19.2. The molecule has 1 aromatic rings. The third-order valence-corrected chi connectivity index (χ3v) is 10.3. The summed E-state index contributed by atoms with van der Waals surface area (Å²) >= 11 is 0. The van der Waals surface area contributed by atoms with Gasteiger partial charge >= 0.3 is 11.9 Å². The maximum absolute atomic E-state index is 13.4. The summed E-state index contributed by atoms with van der Waals surface area (Å²) in [5, 5.41) is 28.3. The minimum atomic E-state index is -4.26. The highest BCUT2D eigenvalue weighted by Gasteiger charge is 2.36. The minimum Gasteiger partial charge on any atom is -0.479 e. The Kier molecular flexibility index (Phi) is 18.2. The van der Waals surface area contributed by atoms with E-state index in [2.05, 4.69) is 16.0 Å².